The molecule has 0 saturated carbocycles. The predicted octanol–water partition coefficient (Wildman–Crippen LogP) is 0.210. The van der Waals surface area contributed by atoms with E-state index in [0.29, 0.717) is 6.10 Å². The van der Waals surface area contributed by atoms with E-state index < -0.39 is 0 Å². The van der Waals surface area contributed by atoms with Crippen LogP contribution in [0.4, 0.5) is 5.69 Å². The molecule has 1 fully saturated rings. The third-order valence-corrected chi connectivity index (χ3v) is 2.50. The summed E-state index contributed by atoms with van der Waals surface area (Å²) in [5.74, 6) is 0. The number of hydrogen-bond donors (Lipinski definition) is 2. The number of rotatable bonds is 4. The molecule has 15 heavy (non-hydrogen) atoms. The number of hydrogen-bond acceptors (Lipinski definition) is 4. The van der Waals surface area contributed by atoms with Crippen LogP contribution in [0.15, 0.2) is 12.4 Å². The fourth-order valence-electron chi connectivity index (χ4n) is 1.70. The van der Waals surface area contributed by atoms with Crippen LogP contribution in [-0.2, 0) is 11.8 Å². The van der Waals surface area contributed by atoms with E-state index in [4.69, 9.17) is 4.74 Å². The number of morpholine rings is 1. The standard InChI is InChI=1S/C10H18N4O/c1-14-8-9(6-13-14)12-3-2-10-7-11-4-5-15-10/h6,8,10-12H,2-5,7H2,1H3. The van der Waals surface area contributed by atoms with Gasteiger partial charge in [0.1, 0.15) is 0 Å². The molecule has 5 heteroatoms. The second-order valence-corrected chi connectivity index (χ2v) is 3.82. The molecular weight excluding hydrogens is 192 g/mol. The quantitative estimate of drug-likeness (QED) is 0.746. The first-order valence-electron chi connectivity index (χ1n) is 5.39. The van der Waals surface area contributed by atoms with Crippen LogP contribution in [-0.4, -0.2) is 42.1 Å². The number of nitrogens with one attached hydrogen (secondary N) is 2. The second kappa shape index (κ2) is 5.14. The van der Waals surface area contributed by atoms with Crippen molar-refractivity contribution in [1.29, 1.82) is 0 Å². The number of anilines is 1. The minimum absolute atomic E-state index is 0.350. The van der Waals surface area contributed by atoms with Crippen LogP contribution < -0.4 is 10.6 Å². The SMILES string of the molecule is Cn1cc(NCCC2CNCCO2)cn1. The molecule has 1 aliphatic rings. The fraction of sp³-hybridized carbons (Fsp3) is 0.700. The molecule has 0 spiro atoms. The molecule has 1 saturated heterocycles. The maximum absolute atomic E-state index is 5.60. The van der Waals surface area contributed by atoms with Gasteiger partial charge >= 0.3 is 0 Å². The lowest BCUT2D eigenvalue weighted by atomic mass is 10.2. The highest BCUT2D eigenvalue weighted by Crippen LogP contribution is 2.05. The van der Waals surface area contributed by atoms with Gasteiger partial charge in [-0.1, -0.05) is 0 Å². The summed E-state index contributed by atoms with van der Waals surface area (Å²) < 4.78 is 7.39. The molecule has 1 atom stereocenters. The third kappa shape index (κ3) is 3.21. The predicted molar refractivity (Wildman–Crippen MR) is 58.9 cm³/mol. The molecule has 2 rings (SSSR count). The summed E-state index contributed by atoms with van der Waals surface area (Å²) in [7, 11) is 1.92. The Morgan fingerprint density at radius 3 is 3.33 bits per heavy atom. The zero-order chi connectivity index (χ0) is 10.5. The molecule has 0 aromatic carbocycles. The number of ether oxygens (including phenoxy) is 1. The molecular formula is C10H18N4O. The van der Waals surface area contributed by atoms with E-state index in [-0.39, 0.29) is 0 Å². The lowest BCUT2D eigenvalue weighted by Crippen LogP contribution is -2.39. The second-order valence-electron chi connectivity index (χ2n) is 3.82. The molecule has 1 aliphatic heterocycles. The zero-order valence-electron chi connectivity index (χ0n) is 9.07. The summed E-state index contributed by atoms with van der Waals surface area (Å²) in [6, 6.07) is 0. The van der Waals surface area contributed by atoms with E-state index in [1.807, 2.05) is 19.4 Å². The van der Waals surface area contributed by atoms with Gasteiger partial charge in [0.25, 0.3) is 0 Å². The van der Waals surface area contributed by atoms with Crippen LogP contribution in [0.5, 0.6) is 0 Å². The Balaban J connectivity index is 1.65. The van der Waals surface area contributed by atoms with Crippen LogP contribution >= 0.6 is 0 Å². The lowest BCUT2D eigenvalue weighted by Gasteiger charge is -2.23. The van der Waals surface area contributed by atoms with Crippen LogP contribution in [0.1, 0.15) is 6.42 Å². The first-order chi connectivity index (χ1) is 7.34. The number of aromatic nitrogens is 2. The molecule has 2 heterocycles. The van der Waals surface area contributed by atoms with Gasteiger partial charge in [-0.25, -0.2) is 0 Å². The highest BCUT2D eigenvalue weighted by Gasteiger charge is 2.12. The fourth-order valence-corrected chi connectivity index (χ4v) is 1.70. The highest BCUT2D eigenvalue weighted by atomic mass is 16.5. The largest absolute Gasteiger partial charge is 0.382 e. The maximum Gasteiger partial charge on any atom is 0.0726 e. The Labute approximate surface area is 89.8 Å². The van der Waals surface area contributed by atoms with Crippen molar-refractivity contribution >= 4 is 5.69 Å². The van der Waals surface area contributed by atoms with Crippen molar-refractivity contribution in [2.24, 2.45) is 7.05 Å². The lowest BCUT2D eigenvalue weighted by molar-refractivity contribution is 0.0258. The smallest absolute Gasteiger partial charge is 0.0726 e. The average Bonchev–Trinajstić information content (AvgIpc) is 2.66. The first kappa shape index (κ1) is 10.4. The van der Waals surface area contributed by atoms with Crippen LogP contribution in [0.25, 0.3) is 0 Å². The first-order valence-corrected chi connectivity index (χ1v) is 5.39. The van der Waals surface area contributed by atoms with Crippen LogP contribution in [0.3, 0.4) is 0 Å². The highest BCUT2D eigenvalue weighted by molar-refractivity contribution is 5.37. The van der Waals surface area contributed by atoms with Crippen molar-refractivity contribution < 1.29 is 4.74 Å². The van der Waals surface area contributed by atoms with E-state index in [1.54, 1.807) is 4.68 Å². The Morgan fingerprint density at radius 1 is 1.73 bits per heavy atom. The summed E-state index contributed by atoms with van der Waals surface area (Å²) in [4.78, 5) is 0. The van der Waals surface area contributed by atoms with Gasteiger partial charge in [0.2, 0.25) is 0 Å². The van der Waals surface area contributed by atoms with Crippen molar-refractivity contribution in [3.63, 3.8) is 0 Å². The molecule has 0 radical (unpaired) electrons. The topological polar surface area (TPSA) is 51.1 Å². The Hall–Kier alpha value is -1.07. The summed E-state index contributed by atoms with van der Waals surface area (Å²) in [6.45, 7) is 3.71. The minimum atomic E-state index is 0.350. The molecule has 0 bridgehead atoms. The summed E-state index contributed by atoms with van der Waals surface area (Å²) in [5, 5.41) is 10.7. The van der Waals surface area contributed by atoms with Crippen molar-refractivity contribution in [1.82, 2.24) is 15.1 Å². The maximum atomic E-state index is 5.60. The molecule has 1 aromatic rings. The normalized spacial score (nSPS) is 21.5. The van der Waals surface area contributed by atoms with E-state index >= 15 is 0 Å². The molecule has 2 N–H and O–H groups in total. The third-order valence-electron chi connectivity index (χ3n) is 2.50. The van der Waals surface area contributed by atoms with Gasteiger partial charge in [0.15, 0.2) is 0 Å². The Bertz CT molecular complexity index is 293. The number of nitrogens with zero attached hydrogens (tertiary/aromatic N) is 2. The summed E-state index contributed by atoms with van der Waals surface area (Å²) >= 11 is 0. The van der Waals surface area contributed by atoms with Crippen molar-refractivity contribution in [3.05, 3.63) is 12.4 Å². The van der Waals surface area contributed by atoms with E-state index in [9.17, 15) is 0 Å². The van der Waals surface area contributed by atoms with Crippen LogP contribution in [0, 0.1) is 0 Å². The van der Waals surface area contributed by atoms with Crippen molar-refractivity contribution in [2.75, 3.05) is 31.6 Å². The van der Waals surface area contributed by atoms with E-state index in [0.717, 1.165) is 38.3 Å². The van der Waals surface area contributed by atoms with Gasteiger partial charge in [0.05, 0.1) is 24.6 Å². The van der Waals surface area contributed by atoms with Gasteiger partial charge in [-0.05, 0) is 6.42 Å². The zero-order valence-corrected chi connectivity index (χ0v) is 9.07. The molecule has 1 aromatic heterocycles. The Morgan fingerprint density at radius 2 is 2.67 bits per heavy atom. The average molecular weight is 210 g/mol. The summed E-state index contributed by atoms with van der Waals surface area (Å²) in [5.41, 5.74) is 1.07. The molecule has 5 nitrogen and oxygen atoms in total. The Kier molecular flexibility index (Phi) is 3.58. The van der Waals surface area contributed by atoms with Gasteiger partial charge in [-0.3, -0.25) is 4.68 Å². The van der Waals surface area contributed by atoms with Crippen molar-refractivity contribution in [3.8, 4) is 0 Å². The minimum Gasteiger partial charge on any atom is -0.382 e. The van der Waals surface area contributed by atoms with E-state index in [1.165, 1.54) is 0 Å². The van der Waals surface area contributed by atoms with Crippen LogP contribution in [0.2, 0.25) is 0 Å². The molecule has 0 aliphatic carbocycles. The molecule has 1 unspecified atom stereocenters. The van der Waals surface area contributed by atoms with Gasteiger partial charge in [-0.15, -0.1) is 0 Å². The molecule has 0 amide bonds. The number of aryl methyl sites for hydroxylation is 1. The van der Waals surface area contributed by atoms with E-state index in [2.05, 4.69) is 15.7 Å². The van der Waals surface area contributed by atoms with Gasteiger partial charge < -0.3 is 15.4 Å². The van der Waals surface area contributed by atoms with Crippen molar-refractivity contribution in [2.45, 2.75) is 12.5 Å². The molecule has 84 valence electrons. The monoisotopic (exact) mass is 210 g/mol. The summed E-state index contributed by atoms with van der Waals surface area (Å²) in [6.07, 6.45) is 5.19. The van der Waals surface area contributed by atoms with Gasteiger partial charge in [-0.2, -0.15) is 5.10 Å². The van der Waals surface area contributed by atoms with Gasteiger partial charge in [0, 0.05) is 32.9 Å².